The normalized spacial score (nSPS) is 14.1. The van der Waals surface area contributed by atoms with Crippen molar-refractivity contribution in [2.75, 3.05) is 17.8 Å². The second-order valence-electron chi connectivity index (χ2n) is 7.73. The van der Waals surface area contributed by atoms with Gasteiger partial charge in [0.15, 0.2) is 0 Å². The maximum Gasteiger partial charge on any atom is 0.331 e. The van der Waals surface area contributed by atoms with Crippen molar-refractivity contribution in [3.63, 3.8) is 0 Å². The highest BCUT2D eigenvalue weighted by Crippen LogP contribution is 2.26. The largest absolute Gasteiger partial charge is 0.341 e. The molecule has 0 atom stereocenters. The number of nitrogens with one attached hydrogen (secondary N) is 1. The van der Waals surface area contributed by atoms with Crippen molar-refractivity contribution < 1.29 is 17.6 Å². The van der Waals surface area contributed by atoms with E-state index in [-0.39, 0.29) is 32.4 Å². The van der Waals surface area contributed by atoms with Crippen LogP contribution < -0.4 is 16.0 Å². The van der Waals surface area contributed by atoms with Crippen LogP contribution in [0.4, 0.5) is 10.1 Å². The van der Waals surface area contributed by atoms with E-state index in [9.17, 15) is 27.2 Å². The average molecular weight is 495 g/mol. The van der Waals surface area contributed by atoms with Crippen LogP contribution in [-0.2, 0) is 28.4 Å². The average Bonchev–Trinajstić information content (AvgIpc) is 3.32. The summed E-state index contributed by atoms with van der Waals surface area (Å²) in [5.74, 6) is -0.971. The summed E-state index contributed by atoms with van der Waals surface area (Å²) in [6, 6.07) is 6.90. The molecule has 1 amide bonds. The first-order valence-electron chi connectivity index (χ1n) is 10.1. The van der Waals surface area contributed by atoms with Crippen molar-refractivity contribution in [1.29, 1.82) is 0 Å². The van der Waals surface area contributed by atoms with Crippen molar-refractivity contribution in [1.82, 2.24) is 14.0 Å². The lowest BCUT2D eigenvalue weighted by molar-refractivity contribution is -0.130. The molecule has 9 nitrogen and oxygen atoms in total. The molecule has 0 bridgehead atoms. The second-order valence-corrected chi connectivity index (χ2v) is 9.82. The molecule has 174 valence electrons. The number of hydrogen-bond acceptors (Lipinski definition) is 5. The topological polar surface area (TPSA) is 110 Å². The predicted octanol–water partition coefficient (Wildman–Crippen LogP) is 1.92. The number of likely N-dealkylation sites (tertiary alicyclic amines) is 1. The molecule has 3 aromatic rings. The van der Waals surface area contributed by atoms with Crippen molar-refractivity contribution >= 4 is 44.1 Å². The molecule has 1 aliphatic heterocycles. The zero-order valence-corrected chi connectivity index (χ0v) is 19.1. The minimum atomic E-state index is -4.20. The molecule has 4 rings (SSSR count). The Morgan fingerprint density at radius 3 is 2.48 bits per heavy atom. The molecule has 0 unspecified atom stereocenters. The fraction of sp³-hybridized carbons (Fsp3) is 0.286. The van der Waals surface area contributed by atoms with E-state index in [1.807, 2.05) is 0 Å². The zero-order valence-electron chi connectivity index (χ0n) is 17.5. The van der Waals surface area contributed by atoms with Gasteiger partial charge < -0.3 is 4.90 Å². The van der Waals surface area contributed by atoms with E-state index in [2.05, 4.69) is 4.72 Å². The number of anilines is 1. The van der Waals surface area contributed by atoms with Crippen molar-refractivity contribution in [2.45, 2.75) is 24.3 Å². The zero-order chi connectivity index (χ0) is 23.9. The van der Waals surface area contributed by atoms with E-state index in [1.165, 1.54) is 29.8 Å². The predicted molar refractivity (Wildman–Crippen MR) is 121 cm³/mol. The van der Waals surface area contributed by atoms with Crippen LogP contribution in [0.2, 0.25) is 5.02 Å². The van der Waals surface area contributed by atoms with Gasteiger partial charge in [-0.15, -0.1) is 0 Å². The van der Waals surface area contributed by atoms with Gasteiger partial charge in [0.25, 0.3) is 15.6 Å². The number of fused-ring (bicyclic) bond motifs is 1. The third-order valence-electron chi connectivity index (χ3n) is 5.56. The minimum absolute atomic E-state index is 0.0350. The number of sulfonamides is 1. The number of rotatable bonds is 5. The molecule has 1 N–H and O–H groups in total. The third-order valence-corrected chi connectivity index (χ3v) is 7.24. The van der Waals surface area contributed by atoms with Crippen LogP contribution in [0.15, 0.2) is 50.9 Å². The van der Waals surface area contributed by atoms with Gasteiger partial charge in [-0.25, -0.2) is 17.6 Å². The minimum Gasteiger partial charge on any atom is -0.341 e. The lowest BCUT2D eigenvalue weighted by Gasteiger charge is -2.17. The Morgan fingerprint density at radius 2 is 1.82 bits per heavy atom. The van der Waals surface area contributed by atoms with Gasteiger partial charge in [0.2, 0.25) is 5.91 Å². The van der Waals surface area contributed by atoms with Crippen molar-refractivity contribution in [2.24, 2.45) is 7.05 Å². The summed E-state index contributed by atoms with van der Waals surface area (Å²) < 4.78 is 43.3. The molecule has 33 heavy (non-hydrogen) atoms. The Kier molecular flexibility index (Phi) is 6.02. The summed E-state index contributed by atoms with van der Waals surface area (Å²) >= 11 is 5.91. The van der Waals surface area contributed by atoms with Crippen LogP contribution in [0, 0.1) is 5.82 Å². The molecular weight excluding hydrogens is 475 g/mol. The van der Waals surface area contributed by atoms with E-state index in [4.69, 9.17) is 11.6 Å². The molecule has 1 aliphatic rings. The monoisotopic (exact) mass is 494 g/mol. The van der Waals surface area contributed by atoms with Gasteiger partial charge in [0.05, 0.1) is 26.5 Å². The first-order chi connectivity index (χ1) is 15.6. The molecule has 0 aliphatic carbocycles. The molecule has 0 radical (unpaired) electrons. The first kappa shape index (κ1) is 23.0. The Bertz CT molecular complexity index is 1490. The Hall–Kier alpha value is -3.18. The number of carbonyl (C=O) groups is 1. The maximum atomic E-state index is 13.3. The lowest BCUT2D eigenvalue weighted by Crippen LogP contribution is -2.43. The van der Waals surface area contributed by atoms with Crippen LogP contribution in [-0.4, -0.2) is 41.4 Å². The maximum absolute atomic E-state index is 13.3. The molecule has 1 saturated heterocycles. The molecular formula is C21H20ClFN4O5S. The smallest absolute Gasteiger partial charge is 0.331 e. The summed E-state index contributed by atoms with van der Waals surface area (Å²) in [4.78, 5) is 39.7. The molecule has 2 aromatic carbocycles. The summed E-state index contributed by atoms with van der Waals surface area (Å²) in [5.41, 5.74) is -1.26. The molecule has 0 saturated carbocycles. The number of nitrogens with zero attached hydrogens (tertiary/aromatic N) is 3. The van der Waals surface area contributed by atoms with E-state index in [0.717, 1.165) is 35.6 Å². The van der Waals surface area contributed by atoms with Gasteiger partial charge >= 0.3 is 5.69 Å². The number of carbonyl (C=O) groups excluding carboxylic acids is 1. The summed E-state index contributed by atoms with van der Waals surface area (Å²) in [6.07, 6.45) is 1.73. The third kappa shape index (κ3) is 4.38. The van der Waals surface area contributed by atoms with Crippen LogP contribution in [0.1, 0.15) is 12.8 Å². The van der Waals surface area contributed by atoms with Gasteiger partial charge in [-0.3, -0.25) is 23.4 Å². The quantitative estimate of drug-likeness (QED) is 0.582. The van der Waals surface area contributed by atoms with Gasteiger partial charge in [-0.05, 0) is 49.2 Å². The Balaban J connectivity index is 1.76. The van der Waals surface area contributed by atoms with E-state index in [0.29, 0.717) is 13.1 Å². The molecule has 0 spiro atoms. The SMILES string of the molecule is Cn1c(=O)n(CC(=O)N2CCCC2)c(=O)c2cc(S(=O)(=O)Nc3ccc(F)cc3Cl)ccc21. The van der Waals surface area contributed by atoms with Gasteiger partial charge in [0, 0.05) is 20.1 Å². The fourth-order valence-corrected chi connectivity index (χ4v) is 5.16. The van der Waals surface area contributed by atoms with Crippen LogP contribution >= 0.6 is 11.6 Å². The lowest BCUT2D eigenvalue weighted by atomic mass is 10.2. The fourth-order valence-electron chi connectivity index (χ4n) is 3.78. The number of benzene rings is 2. The molecule has 1 fully saturated rings. The highest BCUT2D eigenvalue weighted by Gasteiger charge is 2.22. The van der Waals surface area contributed by atoms with Gasteiger partial charge in [-0.1, -0.05) is 11.6 Å². The van der Waals surface area contributed by atoms with Crippen LogP contribution in [0.25, 0.3) is 10.9 Å². The molecule has 2 heterocycles. The second kappa shape index (κ2) is 8.64. The Morgan fingerprint density at radius 1 is 1.12 bits per heavy atom. The van der Waals surface area contributed by atoms with E-state index < -0.39 is 33.6 Å². The Labute approximate surface area is 193 Å². The highest BCUT2D eigenvalue weighted by atomic mass is 35.5. The number of aromatic nitrogens is 2. The molecule has 12 heteroatoms. The van der Waals surface area contributed by atoms with E-state index in [1.54, 1.807) is 4.90 Å². The standard InChI is InChI=1S/C21H20ClFN4O5S/c1-25-18-7-5-14(33(31,32)24-17-6-4-13(23)10-16(17)22)11-15(18)20(29)27(21(25)30)12-19(28)26-8-2-3-9-26/h4-7,10-11,24H,2-3,8-9,12H2,1H3. The number of halogens is 2. The van der Waals surface area contributed by atoms with Crippen molar-refractivity contribution in [3.8, 4) is 0 Å². The number of hydrogen-bond donors (Lipinski definition) is 1. The van der Waals surface area contributed by atoms with E-state index >= 15 is 0 Å². The summed E-state index contributed by atoms with van der Waals surface area (Å²) in [6.45, 7) is 0.713. The highest BCUT2D eigenvalue weighted by molar-refractivity contribution is 7.92. The van der Waals surface area contributed by atoms with Crippen LogP contribution in [0.3, 0.4) is 0 Å². The summed E-state index contributed by atoms with van der Waals surface area (Å²) in [7, 11) is -2.76. The number of aryl methyl sites for hydroxylation is 1. The van der Waals surface area contributed by atoms with Gasteiger partial charge in [-0.2, -0.15) is 0 Å². The number of amides is 1. The van der Waals surface area contributed by atoms with Crippen LogP contribution in [0.5, 0.6) is 0 Å². The van der Waals surface area contributed by atoms with Gasteiger partial charge in [0.1, 0.15) is 12.4 Å². The van der Waals surface area contributed by atoms with Crippen molar-refractivity contribution in [3.05, 3.63) is 68.1 Å². The molecule has 1 aromatic heterocycles. The first-order valence-corrected chi connectivity index (χ1v) is 11.9. The summed E-state index contributed by atoms with van der Waals surface area (Å²) in [5, 5.41) is -0.177.